The van der Waals surface area contributed by atoms with Gasteiger partial charge < -0.3 is 9.30 Å². The first-order valence-corrected chi connectivity index (χ1v) is 5.35. The van der Waals surface area contributed by atoms with Crippen molar-refractivity contribution in [3.63, 3.8) is 0 Å². The Balaban J connectivity index is 2.23. The second-order valence-electron chi connectivity index (χ2n) is 3.92. The number of rotatable bonds is 4. The Kier molecular flexibility index (Phi) is 3.07. The van der Waals surface area contributed by atoms with E-state index < -0.39 is 0 Å². The molecule has 0 aliphatic carbocycles. The van der Waals surface area contributed by atoms with Gasteiger partial charge in [-0.3, -0.25) is 0 Å². The van der Waals surface area contributed by atoms with Crippen molar-refractivity contribution >= 4 is 10.9 Å². The van der Waals surface area contributed by atoms with E-state index in [9.17, 15) is 0 Å². The molecule has 0 N–H and O–H groups in total. The van der Waals surface area contributed by atoms with Crippen molar-refractivity contribution < 1.29 is 4.74 Å². The molecule has 2 nitrogen and oxygen atoms in total. The van der Waals surface area contributed by atoms with Crippen molar-refractivity contribution in [1.29, 1.82) is 0 Å². The number of fused-ring (bicyclic) bond motifs is 1. The fraction of sp³-hybridized carbons (Fsp3) is 0.385. The summed E-state index contributed by atoms with van der Waals surface area (Å²) in [7, 11) is 1.75. The zero-order chi connectivity index (χ0) is 10.7. The predicted molar refractivity (Wildman–Crippen MR) is 63.2 cm³/mol. The number of methoxy groups -OCH3 is 1. The summed E-state index contributed by atoms with van der Waals surface area (Å²) in [6.07, 6.45) is 3.22. The van der Waals surface area contributed by atoms with E-state index in [0.717, 1.165) is 19.6 Å². The smallest absolute Gasteiger partial charge is 0.0482 e. The van der Waals surface area contributed by atoms with E-state index in [1.807, 2.05) is 0 Å². The van der Waals surface area contributed by atoms with Crippen molar-refractivity contribution in [2.45, 2.75) is 19.9 Å². The molecular formula is C13H17NO. The molecule has 0 amide bonds. The Morgan fingerprint density at radius 3 is 2.93 bits per heavy atom. The van der Waals surface area contributed by atoms with Crippen molar-refractivity contribution in [2.75, 3.05) is 13.7 Å². The third kappa shape index (κ3) is 2.21. The molecule has 0 aliphatic heterocycles. The van der Waals surface area contributed by atoms with E-state index in [4.69, 9.17) is 4.74 Å². The molecule has 0 fully saturated rings. The van der Waals surface area contributed by atoms with Crippen LogP contribution >= 0.6 is 0 Å². The van der Waals surface area contributed by atoms with Crippen LogP contribution in [-0.4, -0.2) is 18.3 Å². The molecule has 2 aromatic rings. The number of hydrogen-bond acceptors (Lipinski definition) is 1. The summed E-state index contributed by atoms with van der Waals surface area (Å²) in [6, 6.07) is 8.74. The first-order chi connectivity index (χ1) is 7.31. The molecule has 0 bridgehead atoms. The Bertz CT molecular complexity index is 445. The molecule has 0 unspecified atom stereocenters. The summed E-state index contributed by atoms with van der Waals surface area (Å²) in [5.41, 5.74) is 2.64. The van der Waals surface area contributed by atoms with Crippen LogP contribution in [0.5, 0.6) is 0 Å². The van der Waals surface area contributed by atoms with Crippen LogP contribution in [0, 0.1) is 6.92 Å². The van der Waals surface area contributed by atoms with Gasteiger partial charge in [0.2, 0.25) is 0 Å². The van der Waals surface area contributed by atoms with Crippen LogP contribution in [0.25, 0.3) is 10.9 Å². The molecular weight excluding hydrogens is 186 g/mol. The van der Waals surface area contributed by atoms with Gasteiger partial charge in [-0.25, -0.2) is 0 Å². The van der Waals surface area contributed by atoms with Crippen molar-refractivity contribution in [2.24, 2.45) is 0 Å². The molecule has 0 saturated carbocycles. The maximum absolute atomic E-state index is 5.06. The van der Waals surface area contributed by atoms with E-state index in [1.54, 1.807) is 7.11 Å². The summed E-state index contributed by atoms with van der Waals surface area (Å²) >= 11 is 0. The summed E-state index contributed by atoms with van der Waals surface area (Å²) in [4.78, 5) is 0. The fourth-order valence-electron chi connectivity index (χ4n) is 1.87. The molecule has 80 valence electrons. The number of aromatic nitrogens is 1. The monoisotopic (exact) mass is 203 g/mol. The van der Waals surface area contributed by atoms with Crippen molar-refractivity contribution in [3.8, 4) is 0 Å². The van der Waals surface area contributed by atoms with Crippen LogP contribution in [0.4, 0.5) is 0 Å². The highest BCUT2D eigenvalue weighted by atomic mass is 16.5. The van der Waals surface area contributed by atoms with E-state index >= 15 is 0 Å². The van der Waals surface area contributed by atoms with Gasteiger partial charge in [0.25, 0.3) is 0 Å². The maximum atomic E-state index is 5.06. The standard InChI is InChI=1S/C13H17NO/c1-11-4-5-12-6-8-14(13(12)10-11)7-3-9-15-2/h4-6,8,10H,3,7,9H2,1-2H3. The van der Waals surface area contributed by atoms with Crippen LogP contribution in [0.1, 0.15) is 12.0 Å². The molecule has 0 radical (unpaired) electrons. The van der Waals surface area contributed by atoms with Gasteiger partial charge in [0.15, 0.2) is 0 Å². The number of hydrogen-bond donors (Lipinski definition) is 0. The number of aryl methyl sites for hydroxylation is 2. The lowest BCUT2D eigenvalue weighted by Gasteiger charge is -2.05. The van der Waals surface area contributed by atoms with Crippen molar-refractivity contribution in [3.05, 3.63) is 36.0 Å². The average molecular weight is 203 g/mol. The highest BCUT2D eigenvalue weighted by Crippen LogP contribution is 2.17. The van der Waals surface area contributed by atoms with Gasteiger partial charge in [-0.1, -0.05) is 12.1 Å². The third-order valence-corrected chi connectivity index (χ3v) is 2.68. The number of ether oxygens (including phenoxy) is 1. The Labute approximate surface area is 90.5 Å². The average Bonchev–Trinajstić information content (AvgIpc) is 2.62. The lowest BCUT2D eigenvalue weighted by atomic mass is 10.2. The van der Waals surface area contributed by atoms with E-state index in [0.29, 0.717) is 0 Å². The molecule has 2 heteroatoms. The highest BCUT2D eigenvalue weighted by molar-refractivity contribution is 5.80. The SMILES string of the molecule is COCCCn1ccc2ccc(C)cc21. The normalized spacial score (nSPS) is 11.1. The molecule has 0 spiro atoms. The van der Waals surface area contributed by atoms with Crippen LogP contribution in [0.2, 0.25) is 0 Å². The lowest BCUT2D eigenvalue weighted by Crippen LogP contribution is -1.99. The quantitative estimate of drug-likeness (QED) is 0.697. The fourth-order valence-corrected chi connectivity index (χ4v) is 1.87. The highest BCUT2D eigenvalue weighted by Gasteiger charge is 2.00. The summed E-state index contributed by atoms with van der Waals surface area (Å²) in [5, 5.41) is 1.32. The van der Waals surface area contributed by atoms with Gasteiger partial charge in [0, 0.05) is 32.0 Å². The molecule has 1 aromatic carbocycles. The van der Waals surface area contributed by atoms with Gasteiger partial charge in [0.1, 0.15) is 0 Å². The van der Waals surface area contributed by atoms with Crippen LogP contribution < -0.4 is 0 Å². The second-order valence-corrected chi connectivity index (χ2v) is 3.92. The van der Waals surface area contributed by atoms with E-state index in [2.05, 4.69) is 42.0 Å². The van der Waals surface area contributed by atoms with Gasteiger partial charge in [-0.15, -0.1) is 0 Å². The second kappa shape index (κ2) is 4.49. The zero-order valence-corrected chi connectivity index (χ0v) is 9.36. The van der Waals surface area contributed by atoms with E-state index in [1.165, 1.54) is 16.5 Å². The van der Waals surface area contributed by atoms with Crippen LogP contribution in [0.15, 0.2) is 30.5 Å². The largest absolute Gasteiger partial charge is 0.385 e. The predicted octanol–water partition coefficient (Wildman–Crippen LogP) is 2.99. The summed E-state index contributed by atoms with van der Waals surface area (Å²) < 4.78 is 7.36. The topological polar surface area (TPSA) is 14.2 Å². The van der Waals surface area contributed by atoms with Gasteiger partial charge in [0.05, 0.1) is 0 Å². The van der Waals surface area contributed by atoms with Gasteiger partial charge in [-0.05, 0) is 36.4 Å². The summed E-state index contributed by atoms with van der Waals surface area (Å²) in [6.45, 7) is 3.98. The first-order valence-electron chi connectivity index (χ1n) is 5.35. The van der Waals surface area contributed by atoms with Gasteiger partial charge >= 0.3 is 0 Å². The Morgan fingerprint density at radius 2 is 2.13 bits per heavy atom. The number of nitrogens with zero attached hydrogens (tertiary/aromatic N) is 1. The van der Waals surface area contributed by atoms with E-state index in [-0.39, 0.29) is 0 Å². The minimum atomic E-state index is 0.825. The number of benzene rings is 1. The molecule has 2 rings (SSSR count). The lowest BCUT2D eigenvalue weighted by molar-refractivity contribution is 0.190. The third-order valence-electron chi connectivity index (χ3n) is 2.68. The molecule has 0 atom stereocenters. The maximum Gasteiger partial charge on any atom is 0.0482 e. The van der Waals surface area contributed by atoms with Crippen LogP contribution in [0.3, 0.4) is 0 Å². The minimum Gasteiger partial charge on any atom is -0.385 e. The van der Waals surface area contributed by atoms with Gasteiger partial charge in [-0.2, -0.15) is 0 Å². The first kappa shape index (κ1) is 10.2. The summed E-state index contributed by atoms with van der Waals surface area (Å²) in [5.74, 6) is 0. The molecule has 0 aliphatic rings. The molecule has 0 saturated heterocycles. The Morgan fingerprint density at radius 1 is 1.27 bits per heavy atom. The van der Waals surface area contributed by atoms with Crippen molar-refractivity contribution in [1.82, 2.24) is 4.57 Å². The minimum absolute atomic E-state index is 0.825. The van der Waals surface area contributed by atoms with Crippen LogP contribution in [-0.2, 0) is 11.3 Å². The zero-order valence-electron chi connectivity index (χ0n) is 9.36. The molecule has 1 heterocycles. The Hall–Kier alpha value is -1.28. The molecule has 1 aromatic heterocycles. The molecule has 15 heavy (non-hydrogen) atoms.